The Balaban J connectivity index is 2.71. The fraction of sp³-hybridized carbons (Fsp3) is 0.429. The summed E-state index contributed by atoms with van der Waals surface area (Å²) >= 11 is 3.64. The van der Waals surface area contributed by atoms with Gasteiger partial charge in [0, 0.05) is 9.79 Å². The van der Waals surface area contributed by atoms with E-state index >= 15 is 0 Å². The van der Waals surface area contributed by atoms with Gasteiger partial charge >= 0.3 is 0 Å². The summed E-state index contributed by atoms with van der Waals surface area (Å²) in [5.41, 5.74) is 1.32. The number of hydrogen-bond acceptors (Lipinski definition) is 2. The van der Waals surface area contributed by atoms with E-state index < -0.39 is 0 Å². The van der Waals surface area contributed by atoms with Crippen molar-refractivity contribution in [2.24, 2.45) is 0 Å². The summed E-state index contributed by atoms with van der Waals surface area (Å²) in [5.74, 6) is 0. The molecule has 0 fully saturated rings. The minimum atomic E-state index is 1.19. The van der Waals surface area contributed by atoms with Crippen molar-refractivity contribution in [2.45, 2.75) is 36.0 Å². The van der Waals surface area contributed by atoms with E-state index in [9.17, 15) is 0 Å². The Morgan fingerprint density at radius 1 is 1.12 bits per heavy atom. The summed E-state index contributed by atoms with van der Waals surface area (Å²) in [5, 5.41) is 0. The molecule has 0 saturated carbocycles. The van der Waals surface area contributed by atoms with Gasteiger partial charge < -0.3 is 0 Å². The summed E-state index contributed by atoms with van der Waals surface area (Å²) in [6.07, 6.45) is 12.5. The average Bonchev–Trinajstić information content (AvgIpc) is 2.34. The first-order valence-corrected chi connectivity index (χ1v) is 8.15. The molecule has 0 bridgehead atoms. The van der Waals surface area contributed by atoms with Crippen LogP contribution in [0.15, 0.2) is 34.1 Å². The largest absolute Gasteiger partial charge is 0.128 e. The minimum absolute atomic E-state index is 1.19. The van der Waals surface area contributed by atoms with Gasteiger partial charge in [0.25, 0.3) is 0 Å². The van der Waals surface area contributed by atoms with Gasteiger partial charge in [0.15, 0.2) is 0 Å². The van der Waals surface area contributed by atoms with Crippen molar-refractivity contribution in [3.63, 3.8) is 0 Å². The Morgan fingerprint density at radius 2 is 1.88 bits per heavy atom. The second-order valence-electron chi connectivity index (χ2n) is 3.66. The van der Waals surface area contributed by atoms with Crippen LogP contribution in [0.4, 0.5) is 0 Å². The zero-order valence-electron chi connectivity index (χ0n) is 10.3. The molecule has 0 heterocycles. The SMILES string of the molecule is CCCCC=Cc1ccc(SC)c(SC)c1. The Kier molecular flexibility index (Phi) is 6.74. The van der Waals surface area contributed by atoms with Crippen LogP contribution < -0.4 is 0 Å². The summed E-state index contributed by atoms with van der Waals surface area (Å²) in [6.45, 7) is 2.23. The van der Waals surface area contributed by atoms with Crippen LogP contribution >= 0.6 is 23.5 Å². The van der Waals surface area contributed by atoms with Crippen molar-refractivity contribution < 1.29 is 0 Å². The molecule has 0 radical (unpaired) electrons. The van der Waals surface area contributed by atoms with E-state index in [0.717, 1.165) is 0 Å². The van der Waals surface area contributed by atoms with Crippen LogP contribution in [0.2, 0.25) is 0 Å². The summed E-state index contributed by atoms with van der Waals surface area (Å²) in [7, 11) is 0. The first kappa shape index (κ1) is 13.7. The monoisotopic (exact) mass is 252 g/mol. The van der Waals surface area contributed by atoms with Gasteiger partial charge in [0.1, 0.15) is 0 Å². The molecule has 1 aromatic carbocycles. The van der Waals surface area contributed by atoms with Crippen molar-refractivity contribution in [3.05, 3.63) is 29.8 Å². The van der Waals surface area contributed by atoms with Crippen LogP contribution in [-0.2, 0) is 0 Å². The number of unbranched alkanes of at least 4 members (excludes halogenated alkanes) is 2. The molecule has 0 aromatic heterocycles. The highest BCUT2D eigenvalue weighted by Gasteiger charge is 2.00. The van der Waals surface area contributed by atoms with Crippen molar-refractivity contribution in [3.8, 4) is 0 Å². The van der Waals surface area contributed by atoms with E-state index in [-0.39, 0.29) is 0 Å². The summed E-state index contributed by atoms with van der Waals surface area (Å²) in [6, 6.07) is 6.70. The minimum Gasteiger partial charge on any atom is -0.128 e. The Bertz CT molecular complexity index is 343. The number of hydrogen-bond donors (Lipinski definition) is 0. The molecule has 0 aliphatic rings. The van der Waals surface area contributed by atoms with E-state index in [0.29, 0.717) is 0 Å². The number of rotatable bonds is 6. The smallest absolute Gasteiger partial charge is 0.0211 e. The lowest BCUT2D eigenvalue weighted by atomic mass is 10.2. The van der Waals surface area contributed by atoms with E-state index in [2.05, 4.69) is 49.8 Å². The molecule has 0 unspecified atom stereocenters. The van der Waals surface area contributed by atoms with Gasteiger partial charge in [-0.15, -0.1) is 23.5 Å². The molecule has 2 heteroatoms. The van der Waals surface area contributed by atoms with Gasteiger partial charge in [0.05, 0.1) is 0 Å². The first-order valence-electron chi connectivity index (χ1n) is 5.70. The fourth-order valence-corrected chi connectivity index (χ4v) is 2.99. The van der Waals surface area contributed by atoms with Crippen molar-refractivity contribution in [1.82, 2.24) is 0 Å². The third kappa shape index (κ3) is 4.26. The van der Waals surface area contributed by atoms with Crippen LogP contribution in [-0.4, -0.2) is 12.5 Å². The topological polar surface area (TPSA) is 0 Å². The van der Waals surface area contributed by atoms with Crippen molar-refractivity contribution in [2.75, 3.05) is 12.5 Å². The maximum atomic E-state index is 2.28. The maximum absolute atomic E-state index is 2.28. The predicted molar refractivity (Wildman–Crippen MR) is 78.6 cm³/mol. The zero-order chi connectivity index (χ0) is 11.8. The van der Waals surface area contributed by atoms with Crippen LogP contribution in [0.1, 0.15) is 31.7 Å². The van der Waals surface area contributed by atoms with Gasteiger partial charge in [0.2, 0.25) is 0 Å². The average molecular weight is 252 g/mol. The quantitative estimate of drug-likeness (QED) is 0.495. The normalized spacial score (nSPS) is 11.2. The highest BCUT2D eigenvalue weighted by molar-refractivity contribution is 8.01. The molecule has 0 amide bonds. The van der Waals surface area contributed by atoms with Crippen LogP contribution in [0.5, 0.6) is 0 Å². The molecule has 0 N–H and O–H groups in total. The second-order valence-corrected chi connectivity index (χ2v) is 5.36. The molecule has 1 aromatic rings. The fourth-order valence-electron chi connectivity index (χ4n) is 1.50. The Morgan fingerprint density at radius 3 is 2.50 bits per heavy atom. The number of benzene rings is 1. The Labute approximate surface area is 108 Å². The van der Waals surface area contributed by atoms with Gasteiger partial charge in [-0.25, -0.2) is 0 Å². The van der Waals surface area contributed by atoms with Gasteiger partial charge in [-0.3, -0.25) is 0 Å². The molecular formula is C14H20S2. The standard InChI is InChI=1S/C14H20S2/c1-4-5-6-7-8-12-9-10-13(15-2)14(11-12)16-3/h7-11H,4-6H2,1-3H3. The van der Waals surface area contributed by atoms with Gasteiger partial charge in [-0.1, -0.05) is 38.0 Å². The number of thioether (sulfide) groups is 2. The Hall–Kier alpha value is -0.340. The van der Waals surface area contributed by atoms with E-state index in [1.807, 2.05) is 23.5 Å². The van der Waals surface area contributed by atoms with Gasteiger partial charge in [-0.2, -0.15) is 0 Å². The predicted octanol–water partition coefficient (Wildman–Crippen LogP) is 5.33. The van der Waals surface area contributed by atoms with E-state index in [4.69, 9.17) is 0 Å². The lowest BCUT2D eigenvalue weighted by molar-refractivity contribution is 0.816. The lowest BCUT2D eigenvalue weighted by Crippen LogP contribution is -1.79. The third-order valence-electron chi connectivity index (χ3n) is 2.44. The van der Waals surface area contributed by atoms with E-state index in [1.54, 1.807) is 0 Å². The molecule has 16 heavy (non-hydrogen) atoms. The molecule has 0 aliphatic carbocycles. The second kappa shape index (κ2) is 7.86. The van der Waals surface area contributed by atoms with Crippen molar-refractivity contribution >= 4 is 29.6 Å². The molecular weight excluding hydrogens is 232 g/mol. The van der Waals surface area contributed by atoms with Crippen LogP contribution in [0, 0.1) is 0 Å². The maximum Gasteiger partial charge on any atom is 0.0211 e. The molecule has 88 valence electrons. The summed E-state index contributed by atoms with van der Waals surface area (Å²) < 4.78 is 0. The highest BCUT2D eigenvalue weighted by atomic mass is 32.2. The van der Waals surface area contributed by atoms with Crippen LogP contribution in [0.25, 0.3) is 6.08 Å². The van der Waals surface area contributed by atoms with Gasteiger partial charge in [-0.05, 0) is 36.6 Å². The molecule has 1 rings (SSSR count). The van der Waals surface area contributed by atoms with Crippen LogP contribution in [0.3, 0.4) is 0 Å². The molecule has 0 nitrogen and oxygen atoms in total. The zero-order valence-corrected chi connectivity index (χ0v) is 12.0. The summed E-state index contributed by atoms with van der Waals surface area (Å²) in [4.78, 5) is 2.75. The van der Waals surface area contributed by atoms with E-state index in [1.165, 1.54) is 34.6 Å². The third-order valence-corrected chi connectivity index (χ3v) is 4.14. The highest BCUT2D eigenvalue weighted by Crippen LogP contribution is 2.29. The molecule has 0 saturated heterocycles. The first-order chi connectivity index (χ1) is 7.81. The molecule has 0 aliphatic heterocycles. The molecule has 0 spiro atoms. The number of allylic oxidation sites excluding steroid dienone is 1. The lowest BCUT2D eigenvalue weighted by Gasteiger charge is -2.05. The molecule has 0 atom stereocenters. The van der Waals surface area contributed by atoms with Crippen molar-refractivity contribution in [1.29, 1.82) is 0 Å².